The van der Waals surface area contributed by atoms with Gasteiger partial charge in [0.2, 0.25) is 0 Å². The van der Waals surface area contributed by atoms with E-state index in [-0.39, 0.29) is 5.97 Å². The van der Waals surface area contributed by atoms with Gasteiger partial charge in [-0.3, -0.25) is 0 Å². The second kappa shape index (κ2) is 5.05. The number of esters is 1. The molecular weight excluding hydrogens is 264 g/mol. The van der Waals surface area contributed by atoms with Crippen LogP contribution in [0.5, 0.6) is 0 Å². The van der Waals surface area contributed by atoms with Gasteiger partial charge in [0, 0.05) is 12.6 Å². The zero-order valence-electron chi connectivity index (χ0n) is 12.3. The maximum atomic E-state index is 11.5. The highest BCUT2D eigenvalue weighted by Gasteiger charge is 2.11. The van der Waals surface area contributed by atoms with Crippen molar-refractivity contribution in [3.8, 4) is 11.4 Å². The summed E-state index contributed by atoms with van der Waals surface area (Å²) in [6.07, 6.45) is 0. The van der Waals surface area contributed by atoms with Gasteiger partial charge < -0.3 is 9.30 Å². The molecule has 0 saturated carbocycles. The molecule has 106 valence electrons. The Balaban J connectivity index is 2.08. The van der Waals surface area contributed by atoms with Gasteiger partial charge in [-0.1, -0.05) is 18.2 Å². The van der Waals surface area contributed by atoms with Crippen LogP contribution in [0.1, 0.15) is 15.9 Å². The Morgan fingerprint density at radius 2 is 1.86 bits per heavy atom. The molecular formula is C17H16N2O2. The molecule has 1 heterocycles. The van der Waals surface area contributed by atoms with Crippen molar-refractivity contribution in [3.05, 3.63) is 53.6 Å². The molecule has 3 rings (SSSR count). The van der Waals surface area contributed by atoms with E-state index >= 15 is 0 Å². The third kappa shape index (κ3) is 2.29. The molecule has 0 unspecified atom stereocenters. The number of nitrogens with zero attached hydrogens (tertiary/aromatic N) is 2. The van der Waals surface area contributed by atoms with Gasteiger partial charge in [0.15, 0.2) is 0 Å². The molecule has 0 atom stereocenters. The molecule has 0 saturated heterocycles. The number of benzene rings is 2. The van der Waals surface area contributed by atoms with Crippen LogP contribution in [-0.4, -0.2) is 22.6 Å². The molecule has 4 heteroatoms. The van der Waals surface area contributed by atoms with Gasteiger partial charge in [-0.15, -0.1) is 0 Å². The molecule has 0 fully saturated rings. The number of hydrogen-bond donors (Lipinski definition) is 0. The third-order valence-corrected chi connectivity index (χ3v) is 3.60. The smallest absolute Gasteiger partial charge is 0.337 e. The normalized spacial score (nSPS) is 10.8. The Morgan fingerprint density at radius 1 is 1.14 bits per heavy atom. The molecule has 2 aromatic carbocycles. The maximum absolute atomic E-state index is 11.5. The quantitative estimate of drug-likeness (QED) is 0.676. The first-order valence-corrected chi connectivity index (χ1v) is 6.72. The summed E-state index contributed by atoms with van der Waals surface area (Å²) in [5.74, 6) is 0.550. The fourth-order valence-corrected chi connectivity index (χ4v) is 2.44. The molecule has 3 aromatic rings. The first-order chi connectivity index (χ1) is 10.1. The minimum atomic E-state index is -0.331. The molecule has 21 heavy (non-hydrogen) atoms. The summed E-state index contributed by atoms with van der Waals surface area (Å²) in [5, 5.41) is 0. The zero-order chi connectivity index (χ0) is 15.0. The molecule has 0 bridgehead atoms. The second-order valence-corrected chi connectivity index (χ2v) is 5.06. The average Bonchev–Trinajstić information content (AvgIpc) is 2.83. The van der Waals surface area contributed by atoms with Gasteiger partial charge in [0.25, 0.3) is 0 Å². The zero-order valence-corrected chi connectivity index (χ0v) is 12.3. The molecule has 1 aromatic heterocycles. The summed E-state index contributed by atoms with van der Waals surface area (Å²) in [4.78, 5) is 16.1. The van der Waals surface area contributed by atoms with Crippen molar-refractivity contribution in [1.29, 1.82) is 0 Å². The fourth-order valence-electron chi connectivity index (χ4n) is 2.44. The number of ether oxygens (including phenoxy) is 1. The average molecular weight is 280 g/mol. The molecule has 4 nitrogen and oxygen atoms in total. The maximum Gasteiger partial charge on any atom is 0.337 e. The monoisotopic (exact) mass is 280 g/mol. The fraction of sp³-hybridized carbons (Fsp3) is 0.176. The van der Waals surface area contributed by atoms with E-state index in [9.17, 15) is 4.79 Å². The largest absolute Gasteiger partial charge is 0.465 e. The summed E-state index contributed by atoms with van der Waals surface area (Å²) in [5.41, 5.74) is 4.76. The number of aromatic nitrogens is 2. The van der Waals surface area contributed by atoms with Gasteiger partial charge in [-0.2, -0.15) is 0 Å². The highest BCUT2D eigenvalue weighted by atomic mass is 16.5. The number of methoxy groups -OCH3 is 1. The van der Waals surface area contributed by atoms with Crippen molar-refractivity contribution in [1.82, 2.24) is 9.55 Å². The Morgan fingerprint density at radius 3 is 2.52 bits per heavy atom. The van der Waals surface area contributed by atoms with E-state index in [2.05, 4.69) is 34.7 Å². The van der Waals surface area contributed by atoms with Gasteiger partial charge in [-0.25, -0.2) is 9.78 Å². The van der Waals surface area contributed by atoms with Crippen LogP contribution in [0.4, 0.5) is 0 Å². The molecule has 0 spiro atoms. The number of imidazole rings is 1. The predicted molar refractivity (Wildman–Crippen MR) is 82.2 cm³/mol. The van der Waals surface area contributed by atoms with E-state index in [0.717, 1.165) is 22.4 Å². The topological polar surface area (TPSA) is 44.1 Å². The van der Waals surface area contributed by atoms with E-state index in [1.54, 1.807) is 12.1 Å². The van der Waals surface area contributed by atoms with Crippen molar-refractivity contribution < 1.29 is 9.53 Å². The van der Waals surface area contributed by atoms with Crippen LogP contribution >= 0.6 is 0 Å². The summed E-state index contributed by atoms with van der Waals surface area (Å²) in [7, 11) is 3.37. The van der Waals surface area contributed by atoms with Crippen LogP contribution in [-0.2, 0) is 11.8 Å². The summed E-state index contributed by atoms with van der Waals surface area (Å²) in [6, 6.07) is 13.5. The van der Waals surface area contributed by atoms with Crippen LogP contribution in [0.25, 0.3) is 22.4 Å². The number of carbonyl (C=O) groups excluding carboxylic acids is 1. The first kappa shape index (κ1) is 13.4. The first-order valence-electron chi connectivity index (χ1n) is 6.72. The molecule has 0 N–H and O–H groups in total. The van der Waals surface area contributed by atoms with Gasteiger partial charge in [-0.05, 0) is 36.8 Å². The molecule has 0 aliphatic carbocycles. The lowest BCUT2D eigenvalue weighted by Gasteiger charge is -2.04. The molecule has 0 aliphatic rings. The van der Waals surface area contributed by atoms with Crippen molar-refractivity contribution in [2.75, 3.05) is 7.11 Å². The lowest BCUT2D eigenvalue weighted by Crippen LogP contribution is -2.00. The second-order valence-electron chi connectivity index (χ2n) is 5.06. The van der Waals surface area contributed by atoms with Crippen LogP contribution in [0.15, 0.2) is 42.5 Å². The van der Waals surface area contributed by atoms with E-state index in [1.165, 1.54) is 12.7 Å². The minimum Gasteiger partial charge on any atom is -0.465 e. The number of fused-ring (bicyclic) bond motifs is 1. The van der Waals surface area contributed by atoms with E-state index < -0.39 is 0 Å². The Kier molecular flexibility index (Phi) is 3.22. The number of carbonyl (C=O) groups is 1. The molecule has 0 amide bonds. The van der Waals surface area contributed by atoms with Gasteiger partial charge in [0.05, 0.1) is 23.7 Å². The molecule has 0 radical (unpaired) electrons. The molecule has 0 aliphatic heterocycles. The van der Waals surface area contributed by atoms with Gasteiger partial charge >= 0.3 is 5.97 Å². The van der Waals surface area contributed by atoms with Crippen molar-refractivity contribution in [2.45, 2.75) is 6.92 Å². The predicted octanol–water partition coefficient (Wildman–Crippen LogP) is 3.34. The Labute approximate surface area is 123 Å². The Bertz CT molecular complexity index is 817. The highest BCUT2D eigenvalue weighted by Crippen LogP contribution is 2.24. The summed E-state index contributed by atoms with van der Waals surface area (Å²) < 4.78 is 6.76. The van der Waals surface area contributed by atoms with E-state index in [4.69, 9.17) is 4.74 Å². The van der Waals surface area contributed by atoms with Crippen LogP contribution in [0, 0.1) is 6.92 Å². The highest BCUT2D eigenvalue weighted by molar-refractivity contribution is 5.90. The number of aryl methyl sites for hydroxylation is 2. The van der Waals surface area contributed by atoms with Crippen LogP contribution < -0.4 is 0 Å². The summed E-state index contributed by atoms with van der Waals surface area (Å²) in [6.45, 7) is 2.05. The standard InChI is InChI=1S/C17H16N2O2/c1-11-4-9-15-14(10-11)18-16(19(15)2)12-5-7-13(8-6-12)17(20)21-3/h4-10H,1-3H3. The summed E-state index contributed by atoms with van der Waals surface area (Å²) >= 11 is 0. The van der Waals surface area contributed by atoms with Crippen molar-refractivity contribution in [2.24, 2.45) is 7.05 Å². The van der Waals surface area contributed by atoms with Crippen LogP contribution in [0.2, 0.25) is 0 Å². The number of hydrogen-bond acceptors (Lipinski definition) is 3. The SMILES string of the molecule is COC(=O)c1ccc(-c2nc3cc(C)ccc3n2C)cc1. The minimum absolute atomic E-state index is 0.331. The van der Waals surface area contributed by atoms with Gasteiger partial charge in [0.1, 0.15) is 5.82 Å². The van der Waals surface area contributed by atoms with Crippen LogP contribution in [0.3, 0.4) is 0 Å². The third-order valence-electron chi connectivity index (χ3n) is 3.60. The van der Waals surface area contributed by atoms with Crippen molar-refractivity contribution in [3.63, 3.8) is 0 Å². The number of rotatable bonds is 2. The van der Waals surface area contributed by atoms with E-state index in [1.807, 2.05) is 19.2 Å². The lowest BCUT2D eigenvalue weighted by molar-refractivity contribution is 0.0601. The van der Waals surface area contributed by atoms with Crippen molar-refractivity contribution >= 4 is 17.0 Å². The van der Waals surface area contributed by atoms with E-state index in [0.29, 0.717) is 5.56 Å². The lowest BCUT2D eigenvalue weighted by atomic mass is 10.1. The Hall–Kier alpha value is -2.62.